The summed E-state index contributed by atoms with van der Waals surface area (Å²) in [5.41, 5.74) is 3.48. The topological polar surface area (TPSA) is 64.1 Å². The van der Waals surface area contributed by atoms with Gasteiger partial charge in [0.1, 0.15) is 5.01 Å². The number of ether oxygens (including phenoxy) is 1. The summed E-state index contributed by atoms with van der Waals surface area (Å²) in [7, 11) is 1.59. The standard InChI is InChI=1S/C21H17N3O2S/c1-26-19-10-8-16(13-22-19)21-24-17-9-7-15(11-18(17)27-21)20(25)23-12-14-5-3-2-4-6-14/h2-11,13H,12H2,1H3,(H,23,25). The van der Waals surface area contributed by atoms with Gasteiger partial charge in [-0.15, -0.1) is 11.3 Å². The number of amides is 1. The summed E-state index contributed by atoms with van der Waals surface area (Å²) in [6.45, 7) is 0.503. The van der Waals surface area contributed by atoms with Crippen LogP contribution in [0.2, 0.25) is 0 Å². The van der Waals surface area contributed by atoms with Gasteiger partial charge in [-0.05, 0) is 29.8 Å². The fraction of sp³-hybridized carbons (Fsp3) is 0.0952. The van der Waals surface area contributed by atoms with Crippen molar-refractivity contribution in [2.24, 2.45) is 0 Å². The fourth-order valence-electron chi connectivity index (χ4n) is 2.70. The first-order valence-corrected chi connectivity index (χ1v) is 9.28. The zero-order valence-corrected chi connectivity index (χ0v) is 15.5. The van der Waals surface area contributed by atoms with E-state index in [-0.39, 0.29) is 5.91 Å². The molecular formula is C21H17N3O2S. The summed E-state index contributed by atoms with van der Waals surface area (Å²) in [4.78, 5) is 21.3. The first kappa shape index (κ1) is 17.2. The Morgan fingerprint density at radius 1 is 1.11 bits per heavy atom. The van der Waals surface area contributed by atoms with Crippen LogP contribution in [0.25, 0.3) is 20.8 Å². The van der Waals surface area contributed by atoms with Crippen LogP contribution in [0.4, 0.5) is 0 Å². The van der Waals surface area contributed by atoms with Gasteiger partial charge in [-0.25, -0.2) is 9.97 Å². The quantitative estimate of drug-likeness (QED) is 0.565. The fourth-order valence-corrected chi connectivity index (χ4v) is 3.69. The number of carbonyl (C=O) groups excluding carboxylic acids is 1. The van der Waals surface area contributed by atoms with Crippen molar-refractivity contribution in [3.05, 3.63) is 78.0 Å². The van der Waals surface area contributed by atoms with Crippen LogP contribution in [-0.4, -0.2) is 23.0 Å². The molecule has 0 atom stereocenters. The molecule has 4 aromatic rings. The van der Waals surface area contributed by atoms with Gasteiger partial charge in [0, 0.05) is 29.9 Å². The summed E-state index contributed by atoms with van der Waals surface area (Å²) < 4.78 is 6.05. The molecule has 0 aliphatic rings. The Kier molecular flexibility index (Phi) is 4.80. The van der Waals surface area contributed by atoms with Crippen LogP contribution in [0.1, 0.15) is 15.9 Å². The van der Waals surface area contributed by atoms with Gasteiger partial charge in [0.2, 0.25) is 5.88 Å². The monoisotopic (exact) mass is 375 g/mol. The molecule has 0 unspecified atom stereocenters. The number of rotatable bonds is 5. The lowest BCUT2D eigenvalue weighted by Gasteiger charge is -2.05. The van der Waals surface area contributed by atoms with E-state index in [4.69, 9.17) is 4.74 Å². The average molecular weight is 375 g/mol. The molecule has 1 amide bonds. The lowest BCUT2D eigenvalue weighted by atomic mass is 10.2. The molecule has 0 fully saturated rings. The molecule has 0 aliphatic carbocycles. The van der Waals surface area contributed by atoms with Gasteiger partial charge in [0.05, 0.1) is 17.3 Å². The second kappa shape index (κ2) is 7.55. The summed E-state index contributed by atoms with van der Waals surface area (Å²) in [5.74, 6) is 0.471. The number of pyridine rings is 1. The van der Waals surface area contributed by atoms with E-state index in [2.05, 4.69) is 15.3 Å². The van der Waals surface area contributed by atoms with Crippen molar-refractivity contribution in [2.45, 2.75) is 6.54 Å². The Hall–Kier alpha value is -3.25. The van der Waals surface area contributed by atoms with E-state index in [1.165, 1.54) is 11.3 Å². The van der Waals surface area contributed by atoms with Crippen LogP contribution in [-0.2, 0) is 6.54 Å². The Labute approximate surface area is 160 Å². The van der Waals surface area contributed by atoms with Gasteiger partial charge in [-0.1, -0.05) is 30.3 Å². The second-order valence-electron chi connectivity index (χ2n) is 5.96. The zero-order chi connectivity index (χ0) is 18.6. The number of methoxy groups -OCH3 is 1. The number of hydrogen-bond donors (Lipinski definition) is 1. The first-order valence-electron chi connectivity index (χ1n) is 8.46. The number of nitrogens with one attached hydrogen (secondary N) is 1. The number of fused-ring (bicyclic) bond motifs is 1. The third kappa shape index (κ3) is 3.80. The molecule has 134 valence electrons. The molecule has 0 radical (unpaired) electrons. The van der Waals surface area contributed by atoms with Gasteiger partial charge < -0.3 is 10.1 Å². The van der Waals surface area contributed by atoms with Crippen LogP contribution in [0, 0.1) is 0 Å². The summed E-state index contributed by atoms with van der Waals surface area (Å²) in [6, 6.07) is 19.2. The Morgan fingerprint density at radius 3 is 2.70 bits per heavy atom. The Morgan fingerprint density at radius 2 is 1.96 bits per heavy atom. The highest BCUT2D eigenvalue weighted by Crippen LogP contribution is 2.31. The lowest BCUT2D eigenvalue weighted by molar-refractivity contribution is 0.0951. The lowest BCUT2D eigenvalue weighted by Crippen LogP contribution is -2.22. The van der Waals surface area contributed by atoms with Gasteiger partial charge in [0.15, 0.2) is 0 Å². The highest BCUT2D eigenvalue weighted by atomic mass is 32.1. The molecule has 2 aromatic carbocycles. The summed E-state index contributed by atoms with van der Waals surface area (Å²) >= 11 is 1.54. The maximum atomic E-state index is 12.5. The molecule has 2 heterocycles. The van der Waals surface area contributed by atoms with Crippen molar-refractivity contribution in [3.63, 3.8) is 0 Å². The van der Waals surface area contributed by atoms with E-state index in [0.717, 1.165) is 26.4 Å². The Bertz CT molecular complexity index is 1080. The molecule has 5 nitrogen and oxygen atoms in total. The maximum Gasteiger partial charge on any atom is 0.251 e. The van der Waals surface area contributed by atoms with Crippen LogP contribution in [0.5, 0.6) is 5.88 Å². The minimum absolute atomic E-state index is 0.0955. The minimum atomic E-state index is -0.0955. The van der Waals surface area contributed by atoms with Crippen LogP contribution < -0.4 is 10.1 Å². The molecule has 2 aromatic heterocycles. The van der Waals surface area contributed by atoms with Crippen molar-refractivity contribution < 1.29 is 9.53 Å². The zero-order valence-electron chi connectivity index (χ0n) is 14.7. The van der Waals surface area contributed by atoms with Crippen LogP contribution >= 0.6 is 11.3 Å². The van der Waals surface area contributed by atoms with Crippen molar-refractivity contribution >= 4 is 27.5 Å². The van der Waals surface area contributed by atoms with Crippen molar-refractivity contribution in [3.8, 4) is 16.5 Å². The normalized spacial score (nSPS) is 10.7. The predicted molar refractivity (Wildman–Crippen MR) is 107 cm³/mol. The molecule has 27 heavy (non-hydrogen) atoms. The average Bonchev–Trinajstić information content (AvgIpc) is 3.16. The van der Waals surface area contributed by atoms with Crippen molar-refractivity contribution in [1.29, 1.82) is 0 Å². The van der Waals surface area contributed by atoms with E-state index >= 15 is 0 Å². The predicted octanol–water partition coefficient (Wildman–Crippen LogP) is 4.30. The highest BCUT2D eigenvalue weighted by molar-refractivity contribution is 7.21. The molecule has 0 saturated carbocycles. The third-order valence-electron chi connectivity index (χ3n) is 4.14. The molecule has 0 bridgehead atoms. The summed E-state index contributed by atoms with van der Waals surface area (Å²) in [6.07, 6.45) is 1.74. The van der Waals surface area contributed by atoms with E-state index < -0.39 is 0 Å². The number of benzene rings is 2. The second-order valence-corrected chi connectivity index (χ2v) is 6.99. The molecule has 0 aliphatic heterocycles. The molecule has 4 rings (SSSR count). The Balaban J connectivity index is 1.54. The molecule has 0 saturated heterocycles. The number of nitrogens with zero attached hydrogens (tertiary/aromatic N) is 2. The first-order chi connectivity index (χ1) is 13.2. The molecule has 0 spiro atoms. The van der Waals surface area contributed by atoms with Crippen LogP contribution in [0.15, 0.2) is 66.9 Å². The largest absolute Gasteiger partial charge is 0.481 e. The van der Waals surface area contributed by atoms with E-state index in [1.54, 1.807) is 19.4 Å². The number of thiazole rings is 1. The number of aromatic nitrogens is 2. The maximum absolute atomic E-state index is 12.5. The van der Waals surface area contributed by atoms with E-state index in [0.29, 0.717) is 18.0 Å². The van der Waals surface area contributed by atoms with Gasteiger partial charge >= 0.3 is 0 Å². The number of hydrogen-bond acceptors (Lipinski definition) is 5. The van der Waals surface area contributed by atoms with Gasteiger partial charge in [0.25, 0.3) is 5.91 Å². The summed E-state index contributed by atoms with van der Waals surface area (Å²) in [5, 5.41) is 3.82. The molecule has 6 heteroatoms. The van der Waals surface area contributed by atoms with Gasteiger partial charge in [-0.2, -0.15) is 0 Å². The van der Waals surface area contributed by atoms with Gasteiger partial charge in [-0.3, -0.25) is 4.79 Å². The molecule has 1 N–H and O–H groups in total. The highest BCUT2D eigenvalue weighted by Gasteiger charge is 2.11. The number of carbonyl (C=O) groups is 1. The van der Waals surface area contributed by atoms with Crippen LogP contribution in [0.3, 0.4) is 0 Å². The third-order valence-corrected chi connectivity index (χ3v) is 5.21. The smallest absolute Gasteiger partial charge is 0.251 e. The van der Waals surface area contributed by atoms with E-state index in [1.807, 2.05) is 54.6 Å². The van der Waals surface area contributed by atoms with Crippen molar-refractivity contribution in [1.82, 2.24) is 15.3 Å². The molecular weight excluding hydrogens is 358 g/mol. The van der Waals surface area contributed by atoms with Crippen molar-refractivity contribution in [2.75, 3.05) is 7.11 Å². The minimum Gasteiger partial charge on any atom is -0.481 e. The van der Waals surface area contributed by atoms with E-state index in [9.17, 15) is 4.79 Å². The SMILES string of the molecule is COc1ccc(-c2nc3ccc(C(=O)NCc4ccccc4)cc3s2)cn1.